The van der Waals surface area contributed by atoms with Crippen molar-refractivity contribution in [2.24, 2.45) is 0 Å². The van der Waals surface area contributed by atoms with Crippen molar-refractivity contribution in [2.75, 3.05) is 7.11 Å². The van der Waals surface area contributed by atoms with Crippen molar-refractivity contribution in [3.8, 4) is 5.75 Å². The van der Waals surface area contributed by atoms with E-state index in [1.807, 2.05) is 19.9 Å². The van der Waals surface area contributed by atoms with Crippen molar-refractivity contribution < 1.29 is 19.7 Å². The zero-order chi connectivity index (χ0) is 15.3. The van der Waals surface area contributed by atoms with Crippen LogP contribution >= 0.6 is 15.9 Å². The van der Waals surface area contributed by atoms with Crippen LogP contribution in [0, 0.1) is 13.8 Å². The van der Waals surface area contributed by atoms with Crippen LogP contribution in [0.25, 0.3) is 0 Å². The highest BCUT2D eigenvalue weighted by Gasteiger charge is 2.19. The fourth-order valence-corrected chi connectivity index (χ4v) is 2.86. The number of aryl methyl sites for hydroxylation is 1. The number of carboxylic acid groups (broad SMARTS) is 1. The Kier molecular flexibility index (Phi) is 6.49. The number of methoxy groups -OCH3 is 1. The Morgan fingerprint density at radius 2 is 2.05 bits per heavy atom. The molecule has 0 radical (unpaired) electrons. The highest BCUT2D eigenvalue weighted by Crippen LogP contribution is 2.38. The molecule has 0 saturated carbocycles. The van der Waals surface area contributed by atoms with E-state index >= 15 is 0 Å². The van der Waals surface area contributed by atoms with Crippen LogP contribution in [0.4, 0.5) is 0 Å². The van der Waals surface area contributed by atoms with E-state index in [1.54, 1.807) is 7.11 Å². The number of carbonyl (C=O) groups is 1. The number of aliphatic hydroxyl groups is 1. The first kappa shape index (κ1) is 17.0. The SMILES string of the molecule is COc1c(C)cc(Br)c(C)c1C(O)CCCCC(=O)O. The molecule has 1 unspecified atom stereocenters. The fraction of sp³-hybridized carbons (Fsp3) is 0.533. The molecule has 0 heterocycles. The molecule has 0 bridgehead atoms. The number of ether oxygens (including phenoxy) is 1. The van der Waals surface area contributed by atoms with Crippen molar-refractivity contribution in [3.05, 3.63) is 27.2 Å². The lowest BCUT2D eigenvalue weighted by Gasteiger charge is -2.20. The van der Waals surface area contributed by atoms with Crippen LogP contribution in [-0.2, 0) is 4.79 Å². The quantitative estimate of drug-likeness (QED) is 0.739. The standard InChI is InChI=1S/C15H21BrO4/c1-9-8-11(16)10(2)14(15(9)20-3)12(17)6-4-5-7-13(18)19/h8,12,17H,4-7H2,1-3H3,(H,18,19). The number of hydrogen-bond donors (Lipinski definition) is 2. The third-order valence-corrected chi connectivity index (χ3v) is 4.19. The van der Waals surface area contributed by atoms with Gasteiger partial charge in [0.2, 0.25) is 0 Å². The van der Waals surface area contributed by atoms with Crippen molar-refractivity contribution in [1.82, 2.24) is 0 Å². The van der Waals surface area contributed by atoms with Crippen molar-refractivity contribution in [2.45, 2.75) is 45.6 Å². The summed E-state index contributed by atoms with van der Waals surface area (Å²) in [6, 6.07) is 1.97. The molecule has 1 atom stereocenters. The highest BCUT2D eigenvalue weighted by atomic mass is 79.9. The van der Waals surface area contributed by atoms with Gasteiger partial charge in [-0.05, 0) is 50.3 Å². The summed E-state index contributed by atoms with van der Waals surface area (Å²) >= 11 is 3.49. The molecule has 0 aliphatic carbocycles. The third kappa shape index (κ3) is 4.21. The summed E-state index contributed by atoms with van der Waals surface area (Å²) in [5.74, 6) is -0.0945. The maximum Gasteiger partial charge on any atom is 0.303 e. The lowest BCUT2D eigenvalue weighted by Crippen LogP contribution is -2.06. The maximum atomic E-state index is 10.5. The predicted octanol–water partition coefficient (Wildman–Crippen LogP) is 3.75. The highest BCUT2D eigenvalue weighted by molar-refractivity contribution is 9.10. The Morgan fingerprint density at radius 3 is 2.60 bits per heavy atom. The zero-order valence-corrected chi connectivity index (χ0v) is 13.7. The van der Waals surface area contributed by atoms with Crippen LogP contribution in [0.1, 0.15) is 48.5 Å². The molecule has 0 spiro atoms. The summed E-state index contributed by atoms with van der Waals surface area (Å²) in [7, 11) is 1.59. The maximum absolute atomic E-state index is 10.5. The number of rotatable bonds is 7. The Hall–Kier alpha value is -1.07. The van der Waals surface area contributed by atoms with E-state index in [2.05, 4.69) is 15.9 Å². The average Bonchev–Trinajstić information content (AvgIpc) is 2.38. The second-order valence-corrected chi connectivity index (χ2v) is 5.76. The van der Waals surface area contributed by atoms with Gasteiger partial charge in [-0.3, -0.25) is 4.79 Å². The minimum absolute atomic E-state index is 0.139. The molecule has 20 heavy (non-hydrogen) atoms. The van der Waals surface area contributed by atoms with E-state index in [1.165, 1.54) is 0 Å². The molecule has 0 amide bonds. The van der Waals surface area contributed by atoms with Gasteiger partial charge in [-0.2, -0.15) is 0 Å². The lowest BCUT2D eigenvalue weighted by molar-refractivity contribution is -0.137. The normalized spacial score (nSPS) is 12.2. The van der Waals surface area contributed by atoms with Gasteiger partial charge in [-0.1, -0.05) is 15.9 Å². The van der Waals surface area contributed by atoms with Crippen molar-refractivity contribution in [1.29, 1.82) is 0 Å². The van der Waals surface area contributed by atoms with E-state index in [-0.39, 0.29) is 6.42 Å². The smallest absolute Gasteiger partial charge is 0.303 e. The van der Waals surface area contributed by atoms with Crippen LogP contribution in [0.3, 0.4) is 0 Å². The first-order chi connectivity index (χ1) is 9.38. The van der Waals surface area contributed by atoms with E-state index in [9.17, 15) is 9.90 Å². The van der Waals surface area contributed by atoms with Gasteiger partial charge < -0.3 is 14.9 Å². The van der Waals surface area contributed by atoms with Crippen molar-refractivity contribution in [3.63, 3.8) is 0 Å². The van der Waals surface area contributed by atoms with Gasteiger partial charge in [0.25, 0.3) is 0 Å². The van der Waals surface area contributed by atoms with Gasteiger partial charge >= 0.3 is 5.97 Å². The Balaban J connectivity index is 2.86. The molecular weight excluding hydrogens is 324 g/mol. The number of aliphatic hydroxyl groups excluding tert-OH is 1. The molecule has 1 rings (SSSR count). The average molecular weight is 345 g/mol. The largest absolute Gasteiger partial charge is 0.496 e. The molecule has 112 valence electrons. The summed E-state index contributed by atoms with van der Waals surface area (Å²) in [6.07, 6.45) is 1.26. The number of hydrogen-bond acceptors (Lipinski definition) is 3. The molecule has 1 aromatic carbocycles. The Bertz CT molecular complexity index is 485. The van der Waals surface area contributed by atoms with E-state index < -0.39 is 12.1 Å². The monoisotopic (exact) mass is 344 g/mol. The predicted molar refractivity (Wildman–Crippen MR) is 81.2 cm³/mol. The molecule has 0 aromatic heterocycles. The first-order valence-corrected chi connectivity index (χ1v) is 7.41. The number of benzene rings is 1. The minimum Gasteiger partial charge on any atom is -0.496 e. The summed E-state index contributed by atoms with van der Waals surface area (Å²) in [5.41, 5.74) is 2.71. The van der Waals surface area contributed by atoms with Gasteiger partial charge in [0.05, 0.1) is 13.2 Å². The summed E-state index contributed by atoms with van der Waals surface area (Å²) < 4.78 is 6.34. The molecule has 0 aliphatic rings. The summed E-state index contributed by atoms with van der Waals surface area (Å²) in [4.78, 5) is 10.5. The van der Waals surface area contributed by atoms with Crippen LogP contribution in [0.2, 0.25) is 0 Å². The number of unbranched alkanes of at least 4 members (excludes halogenated alkanes) is 1. The van der Waals surface area contributed by atoms with E-state index in [4.69, 9.17) is 9.84 Å². The lowest BCUT2D eigenvalue weighted by atomic mass is 9.95. The first-order valence-electron chi connectivity index (χ1n) is 6.62. The van der Waals surface area contributed by atoms with Gasteiger partial charge in [-0.25, -0.2) is 0 Å². The molecule has 4 nitrogen and oxygen atoms in total. The van der Waals surface area contributed by atoms with E-state index in [0.29, 0.717) is 25.0 Å². The van der Waals surface area contributed by atoms with Crippen LogP contribution < -0.4 is 4.74 Å². The molecule has 1 aromatic rings. The van der Waals surface area contributed by atoms with Crippen molar-refractivity contribution >= 4 is 21.9 Å². The van der Waals surface area contributed by atoms with E-state index in [0.717, 1.165) is 21.2 Å². The minimum atomic E-state index is -0.799. The number of carboxylic acids is 1. The van der Waals surface area contributed by atoms with Gasteiger partial charge in [-0.15, -0.1) is 0 Å². The van der Waals surface area contributed by atoms with Gasteiger partial charge in [0.1, 0.15) is 5.75 Å². The van der Waals surface area contributed by atoms with Crippen LogP contribution in [0.5, 0.6) is 5.75 Å². The fourth-order valence-electron chi connectivity index (χ4n) is 2.31. The second kappa shape index (κ2) is 7.64. The number of aliphatic carboxylic acids is 1. The number of halogens is 1. The molecule has 0 aliphatic heterocycles. The van der Waals surface area contributed by atoms with Crippen LogP contribution in [0.15, 0.2) is 10.5 Å². The second-order valence-electron chi connectivity index (χ2n) is 4.90. The summed E-state index contributed by atoms with van der Waals surface area (Å²) in [6.45, 7) is 3.87. The Morgan fingerprint density at radius 1 is 1.40 bits per heavy atom. The molecular formula is C15H21BrO4. The van der Waals surface area contributed by atoms with Gasteiger partial charge in [0.15, 0.2) is 0 Å². The summed E-state index contributed by atoms with van der Waals surface area (Å²) in [5, 5.41) is 19.0. The topological polar surface area (TPSA) is 66.8 Å². The Labute approximate surface area is 127 Å². The third-order valence-electron chi connectivity index (χ3n) is 3.36. The van der Waals surface area contributed by atoms with Crippen LogP contribution in [-0.4, -0.2) is 23.3 Å². The molecule has 2 N–H and O–H groups in total. The molecule has 0 fully saturated rings. The zero-order valence-electron chi connectivity index (χ0n) is 12.1. The molecule has 0 saturated heterocycles. The molecule has 5 heteroatoms. The van der Waals surface area contributed by atoms with Gasteiger partial charge in [0, 0.05) is 16.5 Å².